The molecule has 0 saturated heterocycles. The molecule has 0 fully saturated rings. The Morgan fingerprint density at radius 2 is 1.89 bits per heavy atom. The molecule has 0 aliphatic carbocycles. The fraction of sp³-hybridized carbons (Fsp3) is 0.474. The number of rotatable bonds is 8. The molecule has 1 heterocycles. The number of nitrogens with zero attached hydrogens (tertiary/aromatic N) is 2. The number of esters is 1. The maximum atomic E-state index is 12.6. The lowest BCUT2D eigenvalue weighted by Crippen LogP contribution is -2.37. The third kappa shape index (κ3) is 4.86. The molecule has 8 heteroatoms. The van der Waals surface area contributed by atoms with Crippen molar-refractivity contribution in [3.8, 4) is 5.88 Å². The number of carbonyl (C=O) groups excluding carboxylic acids is 1. The predicted octanol–water partition coefficient (Wildman–Crippen LogP) is 3.36. The molecule has 1 aromatic carbocycles. The van der Waals surface area contributed by atoms with Crippen LogP contribution in [0.2, 0.25) is 5.02 Å². The first-order valence-electron chi connectivity index (χ1n) is 8.93. The number of hydrogen-bond acceptors (Lipinski definition) is 5. The minimum Gasteiger partial charge on any atom is -0.493 e. The molecule has 27 heavy (non-hydrogen) atoms. The van der Waals surface area contributed by atoms with Crippen molar-refractivity contribution < 1.29 is 14.6 Å². The number of aromatic hydroxyl groups is 1. The number of ether oxygens (including phenoxy) is 1. The number of carbonyl (C=O) groups is 1. The van der Waals surface area contributed by atoms with Crippen molar-refractivity contribution in [2.24, 2.45) is 5.92 Å². The second-order valence-electron chi connectivity index (χ2n) is 6.74. The van der Waals surface area contributed by atoms with E-state index >= 15 is 0 Å². The Bertz CT molecular complexity index is 840. The van der Waals surface area contributed by atoms with Crippen molar-refractivity contribution in [2.75, 3.05) is 5.32 Å². The van der Waals surface area contributed by atoms with E-state index in [9.17, 15) is 14.7 Å². The highest BCUT2D eigenvalue weighted by Gasteiger charge is 2.25. The highest BCUT2D eigenvalue weighted by Crippen LogP contribution is 2.18. The van der Waals surface area contributed by atoms with Crippen molar-refractivity contribution >= 4 is 23.3 Å². The van der Waals surface area contributed by atoms with E-state index in [2.05, 4.69) is 5.32 Å². The van der Waals surface area contributed by atoms with E-state index in [4.69, 9.17) is 16.3 Å². The Kier molecular flexibility index (Phi) is 6.96. The molecule has 0 bridgehead atoms. The summed E-state index contributed by atoms with van der Waals surface area (Å²) in [5, 5.41) is 13.9. The second-order valence-corrected chi connectivity index (χ2v) is 7.17. The molecule has 0 aliphatic rings. The molecule has 0 saturated carbocycles. The van der Waals surface area contributed by atoms with Gasteiger partial charge in [0.05, 0.1) is 5.69 Å². The molecule has 1 atom stereocenters. The average Bonchev–Trinajstić information content (AvgIpc) is 2.83. The van der Waals surface area contributed by atoms with Crippen molar-refractivity contribution in [3.63, 3.8) is 0 Å². The zero-order valence-electron chi connectivity index (χ0n) is 16.0. The summed E-state index contributed by atoms with van der Waals surface area (Å²) in [6.45, 7) is 7.53. The van der Waals surface area contributed by atoms with E-state index in [-0.39, 0.29) is 18.5 Å². The maximum absolute atomic E-state index is 12.6. The fourth-order valence-corrected chi connectivity index (χ4v) is 2.87. The smallest absolute Gasteiger partial charge is 0.334 e. The minimum atomic E-state index is -0.608. The summed E-state index contributed by atoms with van der Waals surface area (Å²) in [5.74, 6) is -0.745. The zero-order valence-corrected chi connectivity index (χ0v) is 16.8. The lowest BCUT2D eigenvalue weighted by molar-refractivity contribution is -0.149. The Balaban J connectivity index is 2.11. The highest BCUT2D eigenvalue weighted by molar-refractivity contribution is 6.30. The number of aromatic nitrogens is 2. The molecule has 2 rings (SSSR count). The van der Waals surface area contributed by atoms with Crippen LogP contribution in [0.1, 0.15) is 32.9 Å². The average molecular weight is 396 g/mol. The van der Waals surface area contributed by atoms with Gasteiger partial charge < -0.3 is 15.2 Å². The van der Waals surface area contributed by atoms with Gasteiger partial charge in [-0.05, 0) is 43.5 Å². The van der Waals surface area contributed by atoms with E-state index in [0.29, 0.717) is 17.3 Å². The lowest BCUT2D eigenvalue weighted by Gasteiger charge is -2.22. The summed E-state index contributed by atoms with van der Waals surface area (Å²) in [6, 6.07) is 6.39. The van der Waals surface area contributed by atoms with Gasteiger partial charge in [-0.15, -0.1) is 0 Å². The maximum Gasteiger partial charge on any atom is 0.334 e. The second kappa shape index (κ2) is 8.99. The van der Waals surface area contributed by atoms with Gasteiger partial charge in [0.15, 0.2) is 6.73 Å². The van der Waals surface area contributed by atoms with Gasteiger partial charge in [0, 0.05) is 17.3 Å². The van der Waals surface area contributed by atoms with Crippen molar-refractivity contribution in [1.29, 1.82) is 0 Å². The Hall–Kier alpha value is -2.41. The van der Waals surface area contributed by atoms with Crippen molar-refractivity contribution in [3.05, 3.63) is 45.5 Å². The molecule has 0 spiro atoms. The Morgan fingerprint density at radius 1 is 1.26 bits per heavy atom. The topological polar surface area (TPSA) is 85.5 Å². The van der Waals surface area contributed by atoms with Gasteiger partial charge in [-0.1, -0.05) is 32.4 Å². The van der Waals surface area contributed by atoms with Gasteiger partial charge in [-0.25, -0.2) is 14.2 Å². The molecule has 0 radical (unpaired) electrons. The summed E-state index contributed by atoms with van der Waals surface area (Å²) in [4.78, 5) is 24.9. The van der Waals surface area contributed by atoms with Crippen LogP contribution in [0.5, 0.6) is 5.88 Å². The Morgan fingerprint density at radius 3 is 2.44 bits per heavy atom. The van der Waals surface area contributed by atoms with Crippen LogP contribution in [0.15, 0.2) is 29.1 Å². The number of anilines is 1. The molecule has 2 aromatic rings. The van der Waals surface area contributed by atoms with Crippen LogP contribution >= 0.6 is 11.6 Å². The van der Waals surface area contributed by atoms with Crippen LogP contribution < -0.4 is 11.0 Å². The molecular formula is C19H26ClN3O4. The quantitative estimate of drug-likeness (QED) is 0.669. The molecule has 1 unspecified atom stereocenters. The van der Waals surface area contributed by atoms with Gasteiger partial charge in [0.25, 0.3) is 0 Å². The summed E-state index contributed by atoms with van der Waals surface area (Å²) < 4.78 is 7.84. The molecular weight excluding hydrogens is 370 g/mol. The van der Waals surface area contributed by atoms with E-state index < -0.39 is 17.7 Å². The van der Waals surface area contributed by atoms with Gasteiger partial charge >= 0.3 is 11.7 Å². The third-order valence-electron chi connectivity index (χ3n) is 4.32. The largest absolute Gasteiger partial charge is 0.493 e. The minimum absolute atomic E-state index is 0.0510. The van der Waals surface area contributed by atoms with Gasteiger partial charge in [-0.2, -0.15) is 0 Å². The summed E-state index contributed by atoms with van der Waals surface area (Å²) in [6.07, 6.45) is 0.754. The van der Waals surface area contributed by atoms with Gasteiger partial charge in [0.1, 0.15) is 6.04 Å². The number of nitrogens with one attached hydrogen (secondary N) is 1. The predicted molar refractivity (Wildman–Crippen MR) is 105 cm³/mol. The molecule has 1 aromatic heterocycles. The third-order valence-corrected chi connectivity index (χ3v) is 4.57. The van der Waals surface area contributed by atoms with Crippen LogP contribution in [0.3, 0.4) is 0 Å². The van der Waals surface area contributed by atoms with Crippen LogP contribution in [0.25, 0.3) is 0 Å². The first-order chi connectivity index (χ1) is 12.8. The number of benzene rings is 1. The molecule has 0 amide bonds. The fourth-order valence-electron chi connectivity index (χ4n) is 2.74. The van der Waals surface area contributed by atoms with E-state index in [0.717, 1.165) is 16.7 Å². The normalized spacial score (nSPS) is 12.2. The van der Waals surface area contributed by atoms with E-state index in [1.54, 1.807) is 31.2 Å². The van der Waals surface area contributed by atoms with Crippen molar-refractivity contribution in [1.82, 2.24) is 9.13 Å². The van der Waals surface area contributed by atoms with Crippen LogP contribution in [-0.2, 0) is 22.8 Å². The SMILES string of the molecule is CCCn1c(C)c(O)n(COC(=O)C(Nc2ccc(Cl)cc2)C(C)C)c1=O. The highest BCUT2D eigenvalue weighted by atomic mass is 35.5. The first-order valence-corrected chi connectivity index (χ1v) is 9.31. The number of imidazole rings is 1. The summed E-state index contributed by atoms with van der Waals surface area (Å²) >= 11 is 5.88. The Labute approximate surface area is 163 Å². The number of halogens is 1. The molecule has 0 aliphatic heterocycles. The summed E-state index contributed by atoms with van der Waals surface area (Å²) in [5.41, 5.74) is 0.795. The van der Waals surface area contributed by atoms with E-state index in [1.165, 1.54) is 4.57 Å². The van der Waals surface area contributed by atoms with Crippen molar-refractivity contribution in [2.45, 2.75) is 53.4 Å². The van der Waals surface area contributed by atoms with Crippen LogP contribution in [0, 0.1) is 12.8 Å². The van der Waals surface area contributed by atoms with Crippen LogP contribution in [0.4, 0.5) is 5.69 Å². The standard InChI is InChI=1S/C19H26ClN3O4/c1-5-10-22-13(4)17(24)23(19(22)26)11-27-18(25)16(12(2)3)21-15-8-6-14(20)7-9-15/h6-9,12,16,21,24H,5,10-11H2,1-4H3. The first kappa shape index (κ1) is 20.9. The summed E-state index contributed by atoms with van der Waals surface area (Å²) in [7, 11) is 0. The van der Waals surface area contributed by atoms with Crippen LogP contribution in [-0.4, -0.2) is 26.3 Å². The lowest BCUT2D eigenvalue weighted by atomic mass is 10.0. The van der Waals surface area contributed by atoms with Gasteiger partial charge in [0.2, 0.25) is 5.88 Å². The number of hydrogen-bond donors (Lipinski definition) is 2. The zero-order chi connectivity index (χ0) is 20.1. The van der Waals surface area contributed by atoms with Gasteiger partial charge in [-0.3, -0.25) is 4.57 Å². The molecule has 148 valence electrons. The molecule has 2 N–H and O–H groups in total. The molecule has 7 nitrogen and oxygen atoms in total. The monoisotopic (exact) mass is 395 g/mol. The van der Waals surface area contributed by atoms with E-state index in [1.807, 2.05) is 20.8 Å².